The Hall–Kier alpha value is -0.160. The van der Waals surface area contributed by atoms with Crippen LogP contribution in [0, 0.1) is 0 Å². The van der Waals surface area contributed by atoms with Crippen molar-refractivity contribution in [2.45, 2.75) is 6.18 Å². The van der Waals surface area contributed by atoms with Crippen LogP contribution < -0.4 is 0 Å². The first-order chi connectivity index (χ1) is 7.21. The monoisotopic (exact) mass is 309 g/mol. The summed E-state index contributed by atoms with van der Waals surface area (Å²) < 4.78 is 36.2. The molecule has 1 aromatic carbocycles. The van der Waals surface area contributed by atoms with Crippen LogP contribution in [0.4, 0.5) is 18.9 Å². The van der Waals surface area contributed by atoms with Gasteiger partial charge in [-0.1, -0.05) is 46.4 Å². The second-order valence-electron chi connectivity index (χ2n) is 2.62. The lowest BCUT2D eigenvalue weighted by atomic mass is 10.3. The van der Waals surface area contributed by atoms with Gasteiger partial charge in [-0.2, -0.15) is 13.2 Å². The molecule has 0 N–H and O–H groups in total. The minimum absolute atomic E-state index is 0.000409. The second-order valence-corrected chi connectivity index (χ2v) is 4.17. The molecule has 0 saturated carbocycles. The van der Waals surface area contributed by atoms with E-state index in [1.54, 1.807) is 0 Å². The molecule has 8 heteroatoms. The highest BCUT2D eigenvalue weighted by molar-refractivity contribution is 6.67. The summed E-state index contributed by atoms with van der Waals surface area (Å²) in [5.74, 6) is 0. The summed E-state index contributed by atoms with van der Waals surface area (Å²) in [5.41, 5.74) is -0.123. The molecule has 0 spiro atoms. The normalized spacial score (nSPS) is 13.1. The van der Waals surface area contributed by atoms with Crippen LogP contribution in [0.3, 0.4) is 0 Å². The van der Waals surface area contributed by atoms with Gasteiger partial charge in [-0.05, 0) is 12.1 Å². The molecule has 0 aliphatic carbocycles. The number of alkyl halides is 3. The molecule has 0 aliphatic rings. The van der Waals surface area contributed by atoms with E-state index in [0.717, 1.165) is 12.1 Å². The van der Waals surface area contributed by atoms with Gasteiger partial charge in [-0.25, -0.2) is 4.99 Å². The Kier molecular flexibility index (Phi) is 4.35. The highest BCUT2D eigenvalue weighted by Gasteiger charge is 2.34. The van der Waals surface area contributed by atoms with Gasteiger partial charge in [0.05, 0.1) is 20.8 Å². The number of benzene rings is 1. The van der Waals surface area contributed by atoms with E-state index in [-0.39, 0.29) is 20.8 Å². The van der Waals surface area contributed by atoms with Crippen molar-refractivity contribution in [3.05, 3.63) is 27.2 Å². The summed E-state index contributed by atoms with van der Waals surface area (Å²) in [6.45, 7) is 0. The van der Waals surface area contributed by atoms with E-state index in [1.807, 2.05) is 0 Å². The largest absolute Gasteiger partial charge is 0.444 e. The molecular weight excluding hydrogens is 309 g/mol. The van der Waals surface area contributed by atoms with E-state index in [4.69, 9.17) is 46.4 Å². The van der Waals surface area contributed by atoms with E-state index in [9.17, 15) is 13.2 Å². The summed E-state index contributed by atoms with van der Waals surface area (Å²) in [4.78, 5) is 3.12. The first-order valence-electron chi connectivity index (χ1n) is 3.67. The summed E-state index contributed by atoms with van der Waals surface area (Å²) in [6.07, 6.45) is -4.71. The average Bonchev–Trinajstić information content (AvgIpc) is 2.12. The van der Waals surface area contributed by atoms with Crippen molar-refractivity contribution in [2.75, 3.05) is 0 Å². The summed E-state index contributed by atoms with van der Waals surface area (Å²) in [7, 11) is 0. The molecule has 1 aromatic rings. The molecule has 1 nitrogen and oxygen atoms in total. The second kappa shape index (κ2) is 5.00. The quantitative estimate of drug-likeness (QED) is 0.481. The van der Waals surface area contributed by atoms with Crippen LogP contribution in [0.1, 0.15) is 0 Å². The maximum atomic E-state index is 12.1. The molecule has 0 atom stereocenters. The number of hydrogen-bond donors (Lipinski definition) is 0. The molecule has 16 heavy (non-hydrogen) atoms. The number of halogens is 7. The number of hydrogen-bond acceptors (Lipinski definition) is 1. The lowest BCUT2D eigenvalue weighted by Gasteiger charge is -2.04. The predicted octanol–water partition coefficient (Wildman–Crippen LogP) is 5.48. The van der Waals surface area contributed by atoms with Gasteiger partial charge in [0.25, 0.3) is 0 Å². The van der Waals surface area contributed by atoms with E-state index in [2.05, 4.69) is 4.99 Å². The Balaban J connectivity index is 3.17. The van der Waals surface area contributed by atoms with E-state index >= 15 is 0 Å². The minimum Gasteiger partial charge on any atom is -0.232 e. The molecule has 0 saturated heterocycles. The van der Waals surface area contributed by atoms with Crippen LogP contribution in [0.2, 0.25) is 15.1 Å². The maximum absolute atomic E-state index is 12.1. The lowest BCUT2D eigenvalue weighted by Crippen LogP contribution is -2.16. The third kappa shape index (κ3) is 3.42. The highest BCUT2D eigenvalue weighted by Crippen LogP contribution is 2.35. The van der Waals surface area contributed by atoms with Gasteiger partial charge in [0, 0.05) is 0 Å². The van der Waals surface area contributed by atoms with Crippen molar-refractivity contribution in [3.63, 3.8) is 0 Å². The van der Waals surface area contributed by atoms with Gasteiger partial charge in [-0.3, -0.25) is 0 Å². The van der Waals surface area contributed by atoms with Gasteiger partial charge in [-0.15, -0.1) is 0 Å². The van der Waals surface area contributed by atoms with Crippen molar-refractivity contribution in [2.24, 2.45) is 4.99 Å². The van der Waals surface area contributed by atoms with Crippen LogP contribution in [-0.4, -0.2) is 11.3 Å². The number of rotatable bonds is 1. The molecular formula is C8H2Cl4F3N. The SMILES string of the molecule is FC(F)(F)C(Cl)=Nc1cc(Cl)c(Cl)c(Cl)c1. The summed E-state index contributed by atoms with van der Waals surface area (Å²) in [6, 6.07) is 2.26. The Labute approximate surface area is 109 Å². The van der Waals surface area contributed by atoms with Crippen molar-refractivity contribution >= 4 is 57.3 Å². The lowest BCUT2D eigenvalue weighted by molar-refractivity contribution is -0.0558. The van der Waals surface area contributed by atoms with E-state index in [1.165, 1.54) is 0 Å². The number of aliphatic imine (C=N–C) groups is 1. The molecule has 0 bridgehead atoms. The topological polar surface area (TPSA) is 12.4 Å². The Bertz CT molecular complexity index is 418. The van der Waals surface area contributed by atoms with Crippen LogP contribution in [0.25, 0.3) is 0 Å². The Morgan fingerprint density at radius 1 is 1.06 bits per heavy atom. The fourth-order valence-electron chi connectivity index (χ4n) is 0.783. The zero-order valence-electron chi connectivity index (χ0n) is 7.25. The summed E-state index contributed by atoms with van der Waals surface area (Å²) >= 11 is 21.8. The first kappa shape index (κ1) is 13.9. The zero-order chi connectivity index (χ0) is 12.5. The van der Waals surface area contributed by atoms with Crippen molar-refractivity contribution in [1.29, 1.82) is 0 Å². The molecule has 0 unspecified atom stereocenters. The zero-order valence-corrected chi connectivity index (χ0v) is 10.3. The Morgan fingerprint density at radius 3 is 1.88 bits per heavy atom. The van der Waals surface area contributed by atoms with Crippen LogP contribution >= 0.6 is 46.4 Å². The van der Waals surface area contributed by atoms with Gasteiger partial charge >= 0.3 is 6.18 Å². The molecule has 88 valence electrons. The van der Waals surface area contributed by atoms with Gasteiger partial charge in [0.1, 0.15) is 0 Å². The first-order valence-corrected chi connectivity index (χ1v) is 5.19. The van der Waals surface area contributed by atoms with E-state index in [0.29, 0.717) is 0 Å². The highest BCUT2D eigenvalue weighted by atomic mass is 35.5. The van der Waals surface area contributed by atoms with Crippen molar-refractivity contribution < 1.29 is 13.2 Å². The average molecular weight is 311 g/mol. The molecule has 0 fully saturated rings. The molecule has 0 aliphatic heterocycles. The van der Waals surface area contributed by atoms with Gasteiger partial charge in [0.15, 0.2) is 0 Å². The van der Waals surface area contributed by atoms with Crippen molar-refractivity contribution in [1.82, 2.24) is 0 Å². The third-order valence-electron chi connectivity index (χ3n) is 1.43. The molecule has 0 radical (unpaired) electrons. The van der Waals surface area contributed by atoms with Crippen molar-refractivity contribution in [3.8, 4) is 0 Å². The fraction of sp³-hybridized carbons (Fsp3) is 0.125. The standard InChI is InChI=1S/C8H2Cl4F3N/c9-4-1-3(2-5(10)6(4)11)16-7(12)8(13,14)15/h1-2H. The minimum atomic E-state index is -4.71. The Morgan fingerprint density at radius 2 is 1.50 bits per heavy atom. The fourth-order valence-corrected chi connectivity index (χ4v) is 1.47. The maximum Gasteiger partial charge on any atom is 0.444 e. The van der Waals surface area contributed by atoms with Crippen LogP contribution in [-0.2, 0) is 0 Å². The third-order valence-corrected chi connectivity index (χ3v) is 2.93. The molecule has 1 rings (SSSR count). The van der Waals surface area contributed by atoms with E-state index < -0.39 is 11.3 Å². The predicted molar refractivity (Wildman–Crippen MR) is 60.5 cm³/mol. The van der Waals surface area contributed by atoms with Gasteiger partial charge < -0.3 is 0 Å². The summed E-state index contributed by atoms with van der Waals surface area (Å²) in [5, 5.41) is -1.47. The smallest absolute Gasteiger partial charge is 0.232 e. The molecule has 0 amide bonds. The van der Waals surface area contributed by atoms with Gasteiger partial charge in [0.2, 0.25) is 5.17 Å². The van der Waals surface area contributed by atoms with Crippen LogP contribution in [0.5, 0.6) is 0 Å². The molecule has 0 heterocycles. The van der Waals surface area contributed by atoms with Crippen LogP contribution in [0.15, 0.2) is 17.1 Å². The molecule has 0 aromatic heterocycles. The number of nitrogens with zero attached hydrogens (tertiary/aromatic N) is 1.